The van der Waals surface area contributed by atoms with Crippen LogP contribution in [-0.2, 0) is 6.61 Å². The van der Waals surface area contributed by atoms with Crippen LogP contribution >= 0.6 is 12.2 Å². The van der Waals surface area contributed by atoms with Gasteiger partial charge in [-0.15, -0.1) is 0 Å². The Morgan fingerprint density at radius 1 is 0.929 bits per heavy atom. The van der Waals surface area contributed by atoms with Crippen molar-refractivity contribution in [1.82, 2.24) is 5.32 Å². The Bertz CT molecular complexity index is 949. The van der Waals surface area contributed by atoms with Gasteiger partial charge in [-0.1, -0.05) is 36.4 Å². The zero-order chi connectivity index (χ0) is 19.9. The molecule has 142 valence electrons. The molecule has 0 heterocycles. The number of hydrogen-bond donors (Lipinski definition) is 2. The van der Waals surface area contributed by atoms with Gasteiger partial charge in [0.25, 0.3) is 5.91 Å². The average Bonchev–Trinajstić information content (AvgIpc) is 2.66. The van der Waals surface area contributed by atoms with Crippen LogP contribution in [0.4, 0.5) is 5.69 Å². The van der Waals surface area contributed by atoms with E-state index in [1.54, 1.807) is 24.3 Å². The van der Waals surface area contributed by atoms with Crippen LogP contribution < -0.4 is 15.4 Å². The van der Waals surface area contributed by atoms with E-state index in [4.69, 9.17) is 17.0 Å². The second-order valence-corrected chi connectivity index (χ2v) is 6.99. The molecule has 28 heavy (non-hydrogen) atoms. The van der Waals surface area contributed by atoms with Crippen LogP contribution in [0.1, 0.15) is 27.0 Å². The van der Waals surface area contributed by atoms with Crippen molar-refractivity contribution < 1.29 is 9.53 Å². The second kappa shape index (κ2) is 9.15. The molecule has 4 nitrogen and oxygen atoms in total. The third-order valence-electron chi connectivity index (χ3n) is 4.07. The first-order chi connectivity index (χ1) is 13.5. The first-order valence-corrected chi connectivity index (χ1v) is 9.38. The second-order valence-electron chi connectivity index (χ2n) is 6.58. The molecule has 3 aromatic carbocycles. The maximum absolute atomic E-state index is 12.4. The summed E-state index contributed by atoms with van der Waals surface area (Å²) in [6.07, 6.45) is 0. The lowest BCUT2D eigenvalue weighted by Gasteiger charge is -2.11. The molecule has 5 heteroatoms. The highest BCUT2D eigenvalue weighted by Gasteiger charge is 2.09. The van der Waals surface area contributed by atoms with Crippen LogP contribution in [0.2, 0.25) is 0 Å². The third kappa shape index (κ3) is 5.66. The highest BCUT2D eigenvalue weighted by atomic mass is 32.1. The van der Waals surface area contributed by atoms with Crippen molar-refractivity contribution in [3.8, 4) is 5.75 Å². The summed E-state index contributed by atoms with van der Waals surface area (Å²) in [6.45, 7) is 4.51. The predicted octanol–water partition coefficient (Wildman–Crippen LogP) is 5.01. The van der Waals surface area contributed by atoms with Gasteiger partial charge in [0, 0.05) is 11.3 Å². The number of nitrogens with one attached hydrogen (secondary N) is 2. The Balaban J connectivity index is 1.54. The van der Waals surface area contributed by atoms with Crippen molar-refractivity contribution in [2.75, 3.05) is 5.32 Å². The fourth-order valence-corrected chi connectivity index (χ4v) is 3.04. The van der Waals surface area contributed by atoms with Crippen molar-refractivity contribution in [1.29, 1.82) is 0 Å². The Labute approximate surface area is 170 Å². The first-order valence-electron chi connectivity index (χ1n) is 8.97. The zero-order valence-electron chi connectivity index (χ0n) is 15.9. The smallest absolute Gasteiger partial charge is 0.257 e. The number of amides is 1. The molecule has 0 saturated carbocycles. The fraction of sp³-hybridized carbons (Fsp3) is 0.130. The normalized spacial score (nSPS) is 10.2. The molecule has 0 radical (unpaired) electrons. The van der Waals surface area contributed by atoms with Gasteiger partial charge in [-0.3, -0.25) is 10.1 Å². The van der Waals surface area contributed by atoms with E-state index in [1.807, 2.05) is 56.3 Å². The number of benzene rings is 3. The molecule has 0 spiro atoms. The molecule has 0 atom stereocenters. The van der Waals surface area contributed by atoms with Gasteiger partial charge in [-0.2, -0.15) is 0 Å². The summed E-state index contributed by atoms with van der Waals surface area (Å²) in [6, 6.07) is 22.9. The van der Waals surface area contributed by atoms with Crippen molar-refractivity contribution in [2.24, 2.45) is 0 Å². The van der Waals surface area contributed by atoms with Crippen LogP contribution in [-0.4, -0.2) is 11.0 Å². The summed E-state index contributed by atoms with van der Waals surface area (Å²) in [4.78, 5) is 12.4. The molecule has 0 aromatic heterocycles. The van der Waals surface area contributed by atoms with Gasteiger partial charge in [0.05, 0.1) is 0 Å². The standard InChI is InChI=1S/C23H22N2O2S/c1-16-12-17(2)14-20(13-16)24-23(28)25-22(26)19-8-10-21(11-9-19)27-15-18-6-4-3-5-7-18/h3-14H,15H2,1-2H3,(H2,24,25,26,28). The summed E-state index contributed by atoms with van der Waals surface area (Å²) in [5, 5.41) is 6.01. The van der Waals surface area contributed by atoms with Crippen molar-refractivity contribution in [2.45, 2.75) is 20.5 Å². The van der Waals surface area contributed by atoms with Gasteiger partial charge in [0.1, 0.15) is 12.4 Å². The van der Waals surface area contributed by atoms with E-state index >= 15 is 0 Å². The van der Waals surface area contributed by atoms with Crippen LogP contribution in [0, 0.1) is 13.8 Å². The van der Waals surface area contributed by atoms with Gasteiger partial charge in [-0.05, 0) is 79.2 Å². The minimum Gasteiger partial charge on any atom is -0.489 e. The van der Waals surface area contributed by atoms with E-state index in [1.165, 1.54) is 0 Å². The lowest BCUT2D eigenvalue weighted by Crippen LogP contribution is -2.34. The molecule has 0 aliphatic rings. The van der Waals surface area contributed by atoms with Crippen molar-refractivity contribution >= 4 is 28.9 Å². The maximum Gasteiger partial charge on any atom is 0.257 e. The van der Waals surface area contributed by atoms with E-state index in [0.717, 1.165) is 22.4 Å². The summed E-state index contributed by atoms with van der Waals surface area (Å²) in [5.41, 5.74) is 4.71. The molecule has 0 aliphatic carbocycles. The molecule has 1 amide bonds. The van der Waals surface area contributed by atoms with Gasteiger partial charge < -0.3 is 10.1 Å². The molecule has 0 bridgehead atoms. The number of carbonyl (C=O) groups excluding carboxylic acids is 1. The zero-order valence-corrected chi connectivity index (χ0v) is 16.7. The Morgan fingerprint density at radius 2 is 1.57 bits per heavy atom. The Kier molecular flexibility index (Phi) is 6.40. The number of aryl methyl sites for hydroxylation is 2. The van der Waals surface area contributed by atoms with Crippen LogP contribution in [0.25, 0.3) is 0 Å². The summed E-state index contributed by atoms with van der Waals surface area (Å²) in [5.74, 6) is 0.438. The number of anilines is 1. The Hall–Kier alpha value is -3.18. The van der Waals surface area contributed by atoms with Crippen molar-refractivity contribution in [3.63, 3.8) is 0 Å². The SMILES string of the molecule is Cc1cc(C)cc(NC(=S)NC(=O)c2ccc(OCc3ccccc3)cc2)c1. The third-order valence-corrected chi connectivity index (χ3v) is 4.28. The van der Waals surface area contributed by atoms with Gasteiger partial charge in [-0.25, -0.2) is 0 Å². The lowest BCUT2D eigenvalue weighted by molar-refractivity contribution is 0.0977. The van der Waals surface area contributed by atoms with Gasteiger partial charge in [0.2, 0.25) is 0 Å². The topological polar surface area (TPSA) is 50.4 Å². The monoisotopic (exact) mass is 390 g/mol. The van der Waals surface area contributed by atoms with E-state index in [9.17, 15) is 4.79 Å². The fourth-order valence-electron chi connectivity index (χ4n) is 2.83. The molecular formula is C23H22N2O2S. The highest BCUT2D eigenvalue weighted by Crippen LogP contribution is 2.15. The average molecular weight is 391 g/mol. The number of rotatable bonds is 5. The number of ether oxygens (including phenoxy) is 1. The van der Waals surface area contributed by atoms with Crippen LogP contribution in [0.3, 0.4) is 0 Å². The maximum atomic E-state index is 12.4. The highest BCUT2D eigenvalue weighted by molar-refractivity contribution is 7.80. The molecule has 3 aromatic rings. The van der Waals surface area contributed by atoms with Gasteiger partial charge in [0.15, 0.2) is 5.11 Å². The summed E-state index contributed by atoms with van der Waals surface area (Å²) < 4.78 is 5.74. The van der Waals surface area contributed by atoms with Crippen LogP contribution in [0.5, 0.6) is 5.75 Å². The molecule has 3 rings (SSSR count). The minimum absolute atomic E-state index is 0.263. The van der Waals surface area contributed by atoms with E-state index in [2.05, 4.69) is 16.7 Å². The molecule has 0 fully saturated rings. The molecular weight excluding hydrogens is 368 g/mol. The largest absolute Gasteiger partial charge is 0.489 e. The summed E-state index contributed by atoms with van der Waals surface area (Å²) in [7, 11) is 0. The molecule has 0 aliphatic heterocycles. The first kappa shape index (κ1) is 19.6. The van der Waals surface area contributed by atoms with Crippen LogP contribution in [0.15, 0.2) is 72.8 Å². The molecule has 0 saturated heterocycles. The van der Waals surface area contributed by atoms with E-state index in [-0.39, 0.29) is 11.0 Å². The number of carbonyl (C=O) groups is 1. The number of thiocarbonyl (C=S) groups is 1. The predicted molar refractivity (Wildman–Crippen MR) is 117 cm³/mol. The molecule has 0 unspecified atom stereocenters. The lowest BCUT2D eigenvalue weighted by atomic mass is 10.1. The van der Waals surface area contributed by atoms with Gasteiger partial charge >= 0.3 is 0 Å². The Morgan fingerprint density at radius 3 is 2.21 bits per heavy atom. The number of hydrogen-bond acceptors (Lipinski definition) is 3. The minimum atomic E-state index is -0.267. The van der Waals surface area contributed by atoms with E-state index < -0.39 is 0 Å². The van der Waals surface area contributed by atoms with E-state index in [0.29, 0.717) is 17.9 Å². The summed E-state index contributed by atoms with van der Waals surface area (Å²) >= 11 is 5.25. The molecule has 2 N–H and O–H groups in total. The van der Waals surface area contributed by atoms with Crippen molar-refractivity contribution in [3.05, 3.63) is 95.1 Å². The quantitative estimate of drug-likeness (QED) is 0.601.